The highest BCUT2D eigenvalue weighted by molar-refractivity contribution is 5.93. The van der Waals surface area contributed by atoms with Gasteiger partial charge in [0, 0.05) is 23.7 Å². The fourth-order valence-electron chi connectivity index (χ4n) is 3.36. The monoisotopic (exact) mass is 310 g/mol. The van der Waals surface area contributed by atoms with Crippen LogP contribution in [0, 0.1) is 0 Å². The zero-order valence-corrected chi connectivity index (χ0v) is 12.2. The Hall–Kier alpha value is -2.60. The number of carbonyl (C=O) groups is 1. The molecule has 6 nitrogen and oxygen atoms in total. The van der Waals surface area contributed by atoms with Gasteiger partial charge >= 0.3 is 0 Å². The van der Waals surface area contributed by atoms with E-state index in [1.165, 1.54) is 0 Å². The van der Waals surface area contributed by atoms with Crippen molar-refractivity contribution in [3.05, 3.63) is 41.6 Å². The van der Waals surface area contributed by atoms with Gasteiger partial charge < -0.3 is 19.9 Å². The molecule has 1 saturated carbocycles. The predicted octanol–water partition coefficient (Wildman–Crippen LogP) is 1.98. The van der Waals surface area contributed by atoms with Gasteiger partial charge in [-0.05, 0) is 30.7 Å². The number of carbonyl (C=O) groups excluding carboxylic acids is 1. The molecule has 0 unspecified atom stereocenters. The van der Waals surface area contributed by atoms with Gasteiger partial charge in [-0.3, -0.25) is 4.79 Å². The number of ether oxygens (including phenoxy) is 2. The molecule has 0 saturated heterocycles. The minimum absolute atomic E-state index is 0.0226. The van der Waals surface area contributed by atoms with E-state index in [0.29, 0.717) is 30.2 Å². The smallest absolute Gasteiger partial charge is 0.225 e. The number of nitrogens with zero attached hydrogens (tertiary/aromatic N) is 1. The number of benzene rings is 1. The van der Waals surface area contributed by atoms with Gasteiger partial charge in [0.15, 0.2) is 0 Å². The molecule has 0 bridgehead atoms. The molecule has 3 heterocycles. The summed E-state index contributed by atoms with van der Waals surface area (Å²) in [6, 6.07) is 7.45. The molecule has 5 rings (SSSR count). The number of aromatic nitrogens is 1. The first-order valence-corrected chi connectivity index (χ1v) is 7.65. The lowest BCUT2D eigenvalue weighted by molar-refractivity contribution is -0.116. The van der Waals surface area contributed by atoms with Crippen molar-refractivity contribution in [2.75, 3.05) is 5.32 Å². The molecule has 2 aromatic rings. The number of amides is 1. The van der Waals surface area contributed by atoms with Crippen molar-refractivity contribution >= 4 is 11.7 Å². The molecule has 1 aliphatic carbocycles. The zero-order chi connectivity index (χ0) is 15.6. The number of fused-ring (bicyclic) bond motifs is 4. The van der Waals surface area contributed by atoms with Crippen molar-refractivity contribution in [3.8, 4) is 17.2 Å². The van der Waals surface area contributed by atoms with E-state index in [-0.39, 0.29) is 17.9 Å². The zero-order valence-electron chi connectivity index (χ0n) is 12.2. The fourth-order valence-corrected chi connectivity index (χ4v) is 3.36. The van der Waals surface area contributed by atoms with Crippen LogP contribution in [0.5, 0.6) is 17.2 Å². The number of aliphatic hydroxyl groups is 1. The normalized spacial score (nSPS) is 26.5. The second-order valence-electron chi connectivity index (χ2n) is 6.08. The molecule has 1 fully saturated rings. The maximum atomic E-state index is 11.5. The molecule has 2 N–H and O–H groups in total. The summed E-state index contributed by atoms with van der Waals surface area (Å²) < 4.78 is 11.6. The summed E-state index contributed by atoms with van der Waals surface area (Å²) in [5.74, 6) is 2.83. The molecule has 116 valence electrons. The first-order valence-electron chi connectivity index (χ1n) is 7.65. The van der Waals surface area contributed by atoms with Crippen molar-refractivity contribution in [3.63, 3.8) is 0 Å². The molecular weight excluding hydrogens is 296 g/mol. The Labute approximate surface area is 132 Å². The summed E-state index contributed by atoms with van der Waals surface area (Å²) in [4.78, 5) is 15.7. The molecule has 3 aliphatic rings. The largest absolute Gasteiger partial charge is 0.487 e. The van der Waals surface area contributed by atoms with Crippen LogP contribution in [0.25, 0.3) is 0 Å². The number of rotatable bonds is 2. The average Bonchev–Trinajstić information content (AvgIpc) is 3.02. The third-order valence-electron chi connectivity index (χ3n) is 4.62. The molecule has 0 spiro atoms. The van der Waals surface area contributed by atoms with Crippen molar-refractivity contribution in [1.29, 1.82) is 0 Å². The van der Waals surface area contributed by atoms with Gasteiger partial charge in [-0.2, -0.15) is 0 Å². The van der Waals surface area contributed by atoms with Crippen molar-refractivity contribution in [2.45, 2.75) is 31.0 Å². The Morgan fingerprint density at radius 3 is 3.13 bits per heavy atom. The Morgan fingerprint density at radius 1 is 1.30 bits per heavy atom. The van der Waals surface area contributed by atoms with E-state index < -0.39 is 6.10 Å². The van der Waals surface area contributed by atoms with Crippen LogP contribution in [-0.4, -0.2) is 28.2 Å². The van der Waals surface area contributed by atoms with Crippen LogP contribution in [0.15, 0.2) is 30.5 Å². The van der Waals surface area contributed by atoms with E-state index in [9.17, 15) is 9.90 Å². The van der Waals surface area contributed by atoms with Gasteiger partial charge in [0.1, 0.15) is 35.3 Å². The number of aliphatic hydroxyl groups excluding tert-OH is 1. The minimum Gasteiger partial charge on any atom is -0.487 e. The van der Waals surface area contributed by atoms with Crippen molar-refractivity contribution < 1.29 is 19.4 Å². The summed E-state index contributed by atoms with van der Waals surface area (Å²) >= 11 is 0. The summed E-state index contributed by atoms with van der Waals surface area (Å²) in [5.41, 5.74) is 1.91. The van der Waals surface area contributed by atoms with Gasteiger partial charge in [-0.1, -0.05) is 0 Å². The maximum Gasteiger partial charge on any atom is 0.225 e. The highest BCUT2D eigenvalue weighted by Gasteiger charge is 2.58. The van der Waals surface area contributed by atoms with Gasteiger partial charge in [-0.25, -0.2) is 4.98 Å². The van der Waals surface area contributed by atoms with Crippen LogP contribution in [-0.2, 0) is 11.2 Å². The lowest BCUT2D eigenvalue weighted by Crippen LogP contribution is -2.20. The highest BCUT2D eigenvalue weighted by atomic mass is 16.5. The highest BCUT2D eigenvalue weighted by Crippen LogP contribution is 2.54. The Bertz CT molecular complexity index is 835. The molecule has 6 heteroatoms. The third kappa shape index (κ3) is 1.91. The van der Waals surface area contributed by atoms with Crippen LogP contribution >= 0.6 is 0 Å². The van der Waals surface area contributed by atoms with Gasteiger partial charge in [-0.15, -0.1) is 0 Å². The number of hydrogen-bond donors (Lipinski definition) is 2. The van der Waals surface area contributed by atoms with Gasteiger partial charge in [0.2, 0.25) is 5.91 Å². The van der Waals surface area contributed by atoms with Crippen molar-refractivity contribution in [1.82, 2.24) is 4.98 Å². The second kappa shape index (κ2) is 4.45. The van der Waals surface area contributed by atoms with Crippen LogP contribution in [0.3, 0.4) is 0 Å². The predicted molar refractivity (Wildman–Crippen MR) is 80.9 cm³/mol. The van der Waals surface area contributed by atoms with Crippen LogP contribution in [0.1, 0.15) is 23.5 Å². The topological polar surface area (TPSA) is 80.7 Å². The van der Waals surface area contributed by atoms with Crippen LogP contribution in [0.2, 0.25) is 0 Å². The Balaban J connectivity index is 1.47. The van der Waals surface area contributed by atoms with E-state index in [4.69, 9.17) is 9.47 Å². The summed E-state index contributed by atoms with van der Waals surface area (Å²) in [5, 5.41) is 12.5. The van der Waals surface area contributed by atoms with E-state index in [1.807, 2.05) is 18.2 Å². The summed E-state index contributed by atoms with van der Waals surface area (Å²) in [7, 11) is 0. The molecular formula is C17H14N2O4. The molecule has 1 amide bonds. The third-order valence-corrected chi connectivity index (χ3v) is 4.62. The number of nitrogens with one attached hydrogen (secondary N) is 1. The number of anilines is 1. The first-order chi connectivity index (χ1) is 11.2. The maximum absolute atomic E-state index is 11.5. The standard InChI is InChI=1S/C17H14N2O4/c20-13-4-2-9-12(5-6-18-17(9)19-13)22-8-1-3-11-10(7-8)14-15(21)16(14)23-11/h1,3,5-7,14-16,21H,2,4H2,(H,18,19,20)/t14-,15-,16-/m0/s1. The second-order valence-corrected chi connectivity index (χ2v) is 6.08. The minimum atomic E-state index is -0.401. The van der Waals surface area contributed by atoms with Crippen LogP contribution in [0.4, 0.5) is 5.82 Å². The molecule has 23 heavy (non-hydrogen) atoms. The molecule has 2 aliphatic heterocycles. The lowest BCUT2D eigenvalue weighted by atomic mass is 10.1. The fraction of sp³-hybridized carbons (Fsp3) is 0.294. The number of hydrogen-bond acceptors (Lipinski definition) is 5. The summed E-state index contributed by atoms with van der Waals surface area (Å²) in [6.45, 7) is 0. The molecule has 3 atom stereocenters. The van der Waals surface area contributed by atoms with E-state index >= 15 is 0 Å². The average molecular weight is 310 g/mol. The Kier molecular flexibility index (Phi) is 2.50. The Morgan fingerprint density at radius 2 is 2.22 bits per heavy atom. The molecule has 1 aromatic heterocycles. The van der Waals surface area contributed by atoms with Crippen LogP contribution < -0.4 is 14.8 Å². The lowest BCUT2D eigenvalue weighted by Gasteiger charge is -2.19. The van der Waals surface area contributed by atoms with Gasteiger partial charge in [0.05, 0.1) is 5.92 Å². The molecule has 0 radical (unpaired) electrons. The van der Waals surface area contributed by atoms with E-state index in [2.05, 4.69) is 10.3 Å². The van der Waals surface area contributed by atoms with E-state index in [0.717, 1.165) is 16.9 Å². The first kappa shape index (κ1) is 12.9. The molecule has 1 aromatic carbocycles. The van der Waals surface area contributed by atoms with Crippen molar-refractivity contribution in [2.24, 2.45) is 0 Å². The SMILES string of the molecule is O=C1CCc2c(Oc3ccc4c(c3)[C@H]3[C@H](O)[C@H]3O4)ccnc2N1. The van der Waals surface area contributed by atoms with Gasteiger partial charge in [0.25, 0.3) is 0 Å². The number of pyridine rings is 1. The quantitative estimate of drug-likeness (QED) is 0.886. The summed E-state index contributed by atoms with van der Waals surface area (Å²) in [6.07, 6.45) is 2.17. The van der Waals surface area contributed by atoms with E-state index in [1.54, 1.807) is 12.3 Å².